The van der Waals surface area contributed by atoms with Crippen LogP contribution in [0.5, 0.6) is 0 Å². The molecule has 1 atom stereocenters. The molecule has 0 aromatic rings. The smallest absolute Gasteiger partial charge is 0.277 e. The standard InChI is InChI=1S/C13H26N4O3S/c1-11(12-2-4-15-5-3-12)10-13(18)16-6-8-17(9-7-16)21(14,19)20/h11-12,15H,2-10H2,1H3,(H2,14,19,20). The van der Waals surface area contributed by atoms with Crippen molar-refractivity contribution < 1.29 is 13.2 Å². The van der Waals surface area contributed by atoms with Gasteiger partial charge in [-0.15, -0.1) is 0 Å². The molecular weight excluding hydrogens is 292 g/mol. The van der Waals surface area contributed by atoms with Crippen molar-refractivity contribution in [3.05, 3.63) is 0 Å². The van der Waals surface area contributed by atoms with Crippen molar-refractivity contribution in [1.29, 1.82) is 0 Å². The van der Waals surface area contributed by atoms with E-state index in [0.717, 1.165) is 25.9 Å². The molecule has 0 aliphatic carbocycles. The van der Waals surface area contributed by atoms with E-state index in [0.29, 0.717) is 44.4 Å². The summed E-state index contributed by atoms with van der Waals surface area (Å²) in [5, 5.41) is 8.43. The van der Waals surface area contributed by atoms with Gasteiger partial charge >= 0.3 is 0 Å². The first-order chi connectivity index (χ1) is 9.88. The number of piperazine rings is 1. The number of nitrogens with two attached hydrogens (primary N) is 1. The molecule has 0 aromatic heterocycles. The highest BCUT2D eigenvalue weighted by molar-refractivity contribution is 7.86. The molecule has 122 valence electrons. The van der Waals surface area contributed by atoms with E-state index in [-0.39, 0.29) is 5.91 Å². The van der Waals surface area contributed by atoms with Crippen LogP contribution in [-0.4, -0.2) is 62.8 Å². The molecule has 2 saturated heterocycles. The Kier molecular flexibility index (Phi) is 5.59. The van der Waals surface area contributed by atoms with Gasteiger partial charge in [-0.2, -0.15) is 12.7 Å². The van der Waals surface area contributed by atoms with Crippen LogP contribution in [0.25, 0.3) is 0 Å². The average Bonchev–Trinajstić information content (AvgIpc) is 2.47. The molecule has 0 bridgehead atoms. The van der Waals surface area contributed by atoms with Crippen LogP contribution in [0.2, 0.25) is 0 Å². The maximum absolute atomic E-state index is 12.3. The third-order valence-corrected chi connectivity index (χ3v) is 5.72. The molecule has 2 heterocycles. The van der Waals surface area contributed by atoms with Gasteiger partial charge in [-0.25, -0.2) is 5.14 Å². The molecule has 0 aromatic carbocycles. The van der Waals surface area contributed by atoms with Crippen LogP contribution >= 0.6 is 0 Å². The predicted octanol–water partition coefficient (Wildman–Crippen LogP) is -0.640. The first-order valence-corrected chi connectivity index (χ1v) is 9.14. The first-order valence-electron chi connectivity index (χ1n) is 7.64. The van der Waals surface area contributed by atoms with Gasteiger partial charge in [-0.1, -0.05) is 6.92 Å². The van der Waals surface area contributed by atoms with Crippen molar-refractivity contribution in [2.75, 3.05) is 39.3 Å². The number of nitrogens with zero attached hydrogens (tertiary/aromatic N) is 2. The van der Waals surface area contributed by atoms with E-state index < -0.39 is 10.2 Å². The maximum Gasteiger partial charge on any atom is 0.277 e. The Morgan fingerprint density at radius 3 is 2.33 bits per heavy atom. The summed E-state index contributed by atoms with van der Waals surface area (Å²) in [6.07, 6.45) is 2.82. The van der Waals surface area contributed by atoms with Crippen molar-refractivity contribution in [3.8, 4) is 0 Å². The summed E-state index contributed by atoms with van der Waals surface area (Å²) in [5.74, 6) is 1.13. The van der Waals surface area contributed by atoms with Crippen molar-refractivity contribution >= 4 is 16.1 Å². The Bertz CT molecular complexity index is 454. The number of hydrogen-bond donors (Lipinski definition) is 2. The van der Waals surface area contributed by atoms with Gasteiger partial charge in [0, 0.05) is 32.6 Å². The van der Waals surface area contributed by atoms with Crippen LogP contribution in [-0.2, 0) is 15.0 Å². The van der Waals surface area contributed by atoms with Crippen molar-refractivity contribution in [3.63, 3.8) is 0 Å². The molecule has 0 spiro atoms. The van der Waals surface area contributed by atoms with Crippen molar-refractivity contribution in [2.24, 2.45) is 17.0 Å². The fraction of sp³-hybridized carbons (Fsp3) is 0.923. The van der Waals surface area contributed by atoms with Gasteiger partial charge in [0.25, 0.3) is 10.2 Å². The highest BCUT2D eigenvalue weighted by Gasteiger charge is 2.28. The van der Waals surface area contributed by atoms with E-state index in [1.807, 2.05) is 0 Å². The SMILES string of the molecule is CC(CC(=O)N1CCN(S(N)(=O)=O)CC1)C1CCNCC1. The molecule has 1 unspecified atom stereocenters. The van der Waals surface area contributed by atoms with Crippen LogP contribution < -0.4 is 10.5 Å². The van der Waals surface area contributed by atoms with Gasteiger partial charge in [-0.3, -0.25) is 4.79 Å². The Balaban J connectivity index is 1.79. The Labute approximate surface area is 127 Å². The summed E-state index contributed by atoms with van der Waals surface area (Å²) in [4.78, 5) is 14.1. The minimum absolute atomic E-state index is 0.134. The second kappa shape index (κ2) is 7.04. The molecule has 2 fully saturated rings. The zero-order valence-electron chi connectivity index (χ0n) is 12.6. The van der Waals surface area contributed by atoms with Crippen LogP contribution in [0.1, 0.15) is 26.2 Å². The van der Waals surface area contributed by atoms with Crippen LogP contribution in [0, 0.1) is 11.8 Å². The lowest BCUT2D eigenvalue weighted by atomic mass is 9.84. The first kappa shape index (κ1) is 16.7. The molecular formula is C13H26N4O3S. The van der Waals surface area contributed by atoms with Gasteiger partial charge in [0.05, 0.1) is 0 Å². The predicted molar refractivity (Wildman–Crippen MR) is 80.6 cm³/mol. The van der Waals surface area contributed by atoms with E-state index in [1.54, 1.807) is 4.90 Å². The van der Waals surface area contributed by atoms with Crippen molar-refractivity contribution in [1.82, 2.24) is 14.5 Å². The van der Waals surface area contributed by atoms with Crippen molar-refractivity contribution in [2.45, 2.75) is 26.2 Å². The fourth-order valence-corrected chi connectivity index (χ4v) is 3.85. The number of carbonyl (C=O) groups is 1. The largest absolute Gasteiger partial charge is 0.340 e. The number of piperidine rings is 1. The third-order valence-electron chi connectivity index (χ3n) is 4.64. The van der Waals surface area contributed by atoms with E-state index >= 15 is 0 Å². The molecule has 2 rings (SSSR count). The number of nitrogens with one attached hydrogen (secondary N) is 1. The van der Waals surface area contributed by atoms with Gasteiger partial charge in [0.2, 0.25) is 5.91 Å². The minimum atomic E-state index is -3.63. The normalized spacial score (nSPS) is 24.0. The fourth-order valence-electron chi connectivity index (χ4n) is 3.18. The maximum atomic E-state index is 12.3. The van der Waals surface area contributed by atoms with E-state index in [1.165, 1.54) is 4.31 Å². The summed E-state index contributed by atoms with van der Waals surface area (Å²) in [6, 6.07) is 0. The Morgan fingerprint density at radius 2 is 1.81 bits per heavy atom. The Morgan fingerprint density at radius 1 is 1.24 bits per heavy atom. The van der Waals surface area contributed by atoms with Gasteiger partial charge < -0.3 is 10.2 Å². The lowest BCUT2D eigenvalue weighted by Gasteiger charge is -2.34. The second-order valence-electron chi connectivity index (χ2n) is 6.09. The zero-order chi connectivity index (χ0) is 15.5. The van der Waals surface area contributed by atoms with Crippen LogP contribution in [0.15, 0.2) is 0 Å². The molecule has 2 aliphatic rings. The number of hydrogen-bond acceptors (Lipinski definition) is 4. The third kappa shape index (κ3) is 4.64. The summed E-state index contributed by atoms with van der Waals surface area (Å²) >= 11 is 0. The van der Waals surface area contributed by atoms with Gasteiger partial charge in [-0.05, 0) is 37.8 Å². The molecule has 2 aliphatic heterocycles. The number of amides is 1. The topological polar surface area (TPSA) is 95.7 Å². The van der Waals surface area contributed by atoms with Crippen LogP contribution in [0.3, 0.4) is 0 Å². The molecule has 0 saturated carbocycles. The number of rotatable bonds is 4. The Hall–Kier alpha value is -0.700. The molecule has 1 amide bonds. The van der Waals surface area contributed by atoms with Gasteiger partial charge in [0.15, 0.2) is 0 Å². The lowest BCUT2D eigenvalue weighted by molar-refractivity contribution is -0.133. The lowest BCUT2D eigenvalue weighted by Crippen LogP contribution is -2.52. The van der Waals surface area contributed by atoms with Gasteiger partial charge in [0.1, 0.15) is 0 Å². The second-order valence-corrected chi connectivity index (χ2v) is 7.64. The summed E-state index contributed by atoms with van der Waals surface area (Å²) in [6.45, 7) is 5.70. The highest BCUT2D eigenvalue weighted by Crippen LogP contribution is 2.25. The quantitative estimate of drug-likeness (QED) is 0.721. The van der Waals surface area contributed by atoms with E-state index in [4.69, 9.17) is 5.14 Å². The van der Waals surface area contributed by atoms with Crippen LogP contribution in [0.4, 0.5) is 0 Å². The highest BCUT2D eigenvalue weighted by atomic mass is 32.2. The molecule has 0 radical (unpaired) electrons. The summed E-state index contributed by atoms with van der Waals surface area (Å²) in [5.41, 5.74) is 0. The minimum Gasteiger partial charge on any atom is -0.340 e. The zero-order valence-corrected chi connectivity index (χ0v) is 13.4. The van der Waals surface area contributed by atoms with E-state index in [2.05, 4.69) is 12.2 Å². The molecule has 3 N–H and O–H groups in total. The number of carbonyl (C=O) groups excluding carboxylic acids is 1. The summed E-state index contributed by atoms with van der Waals surface area (Å²) in [7, 11) is -3.63. The molecule has 7 nitrogen and oxygen atoms in total. The monoisotopic (exact) mass is 318 g/mol. The average molecular weight is 318 g/mol. The molecule has 8 heteroatoms. The van der Waals surface area contributed by atoms with E-state index in [9.17, 15) is 13.2 Å². The molecule has 21 heavy (non-hydrogen) atoms. The summed E-state index contributed by atoms with van der Waals surface area (Å²) < 4.78 is 23.7.